The summed E-state index contributed by atoms with van der Waals surface area (Å²) in [5.41, 5.74) is 0.784. The van der Waals surface area contributed by atoms with Crippen molar-refractivity contribution < 1.29 is 18.5 Å². The maximum atomic E-state index is 10.9. The van der Waals surface area contributed by atoms with Crippen LogP contribution >= 0.6 is 11.6 Å². The van der Waals surface area contributed by atoms with Crippen LogP contribution in [0.1, 0.15) is 54.4 Å². The average molecular weight is 544 g/mol. The first-order chi connectivity index (χ1) is 16.0. The summed E-state index contributed by atoms with van der Waals surface area (Å²) in [6, 6.07) is 0. The Balaban J connectivity index is 2.20. The molecule has 0 saturated carbocycles. The number of halogens is 1. The molecule has 1 amide bonds. The molecule has 2 rings (SSSR count). The van der Waals surface area contributed by atoms with Crippen molar-refractivity contribution in [2.45, 2.75) is 96.8 Å². The van der Waals surface area contributed by atoms with Gasteiger partial charge in [0.2, 0.25) is 18.0 Å². The van der Waals surface area contributed by atoms with Crippen LogP contribution in [0.25, 0.3) is 11.2 Å². The summed E-state index contributed by atoms with van der Waals surface area (Å²) in [4.78, 5) is 29.8. The average Bonchev–Trinajstić information content (AvgIpc) is 3.09. The highest BCUT2D eigenvalue weighted by Crippen LogP contribution is 2.37. The molecule has 35 heavy (non-hydrogen) atoms. The normalized spacial score (nSPS) is 13.5. The summed E-state index contributed by atoms with van der Waals surface area (Å²) in [6.45, 7) is 23.5. The molecule has 12 heteroatoms. The molecule has 2 aromatic rings. The van der Waals surface area contributed by atoms with Crippen molar-refractivity contribution in [3.05, 3.63) is 11.5 Å². The molecule has 0 aliphatic rings. The van der Waals surface area contributed by atoms with Crippen molar-refractivity contribution in [2.24, 2.45) is 0 Å². The number of nitrogens with zero attached hydrogens (tertiary/aromatic N) is 4. The van der Waals surface area contributed by atoms with Crippen LogP contribution in [0.4, 0.5) is 5.95 Å². The van der Waals surface area contributed by atoms with E-state index in [1.54, 1.807) is 0 Å². The molecule has 0 atom stereocenters. The SMILES string of the molecule is CC(C)(C)[Si](C)(C)OCCC(CCO[Si](C)(C)C(C)(C)C)On1cnc2c(Cl)nc(NC=O)nc21. The van der Waals surface area contributed by atoms with Gasteiger partial charge in [0.05, 0.1) is 0 Å². The van der Waals surface area contributed by atoms with E-state index in [1.165, 1.54) is 11.1 Å². The summed E-state index contributed by atoms with van der Waals surface area (Å²) < 4.78 is 14.3. The number of nitrogens with one attached hydrogen (secondary N) is 1. The summed E-state index contributed by atoms with van der Waals surface area (Å²) in [5, 5.41) is 2.83. The molecule has 2 aromatic heterocycles. The molecule has 0 saturated heterocycles. The molecule has 0 bridgehead atoms. The van der Waals surface area contributed by atoms with E-state index in [-0.39, 0.29) is 27.3 Å². The minimum Gasteiger partial charge on any atom is -0.417 e. The van der Waals surface area contributed by atoms with E-state index >= 15 is 0 Å². The Morgan fingerprint density at radius 3 is 1.97 bits per heavy atom. The van der Waals surface area contributed by atoms with Gasteiger partial charge in [-0.25, -0.2) is 4.98 Å². The van der Waals surface area contributed by atoms with Crippen LogP contribution < -0.4 is 10.2 Å². The first kappa shape index (κ1) is 29.7. The molecule has 9 nitrogen and oxygen atoms in total. The lowest BCUT2D eigenvalue weighted by atomic mass is 10.2. The van der Waals surface area contributed by atoms with E-state index in [0.29, 0.717) is 43.6 Å². The Morgan fingerprint density at radius 2 is 1.51 bits per heavy atom. The number of carbonyl (C=O) groups excluding carboxylic acids is 1. The topological polar surface area (TPSA) is 100 Å². The fourth-order valence-corrected chi connectivity index (χ4v) is 5.11. The number of hydrogen-bond donors (Lipinski definition) is 1. The first-order valence-electron chi connectivity index (χ1n) is 12.0. The maximum Gasteiger partial charge on any atom is 0.232 e. The van der Waals surface area contributed by atoms with Crippen LogP contribution in [0.2, 0.25) is 41.4 Å². The molecule has 0 unspecified atom stereocenters. The van der Waals surface area contributed by atoms with Crippen LogP contribution in [0.5, 0.6) is 0 Å². The molecule has 1 N–H and O–H groups in total. The van der Waals surface area contributed by atoms with Gasteiger partial charge in [0.15, 0.2) is 21.8 Å². The number of amides is 1. The third kappa shape index (κ3) is 7.72. The monoisotopic (exact) mass is 543 g/mol. The van der Waals surface area contributed by atoms with Gasteiger partial charge in [-0.15, -0.1) is 0 Å². The third-order valence-electron chi connectivity index (χ3n) is 7.19. The van der Waals surface area contributed by atoms with E-state index in [9.17, 15) is 4.79 Å². The number of rotatable bonds is 12. The zero-order valence-electron chi connectivity index (χ0n) is 22.9. The van der Waals surface area contributed by atoms with Gasteiger partial charge >= 0.3 is 0 Å². The minimum absolute atomic E-state index is 0.0851. The van der Waals surface area contributed by atoms with Gasteiger partial charge in [0, 0.05) is 26.1 Å². The van der Waals surface area contributed by atoms with Gasteiger partial charge in [-0.2, -0.15) is 14.7 Å². The van der Waals surface area contributed by atoms with E-state index in [1.807, 2.05) is 0 Å². The highest BCUT2D eigenvalue weighted by atomic mass is 35.5. The Bertz CT molecular complexity index is 970. The number of imidazole rings is 1. The Morgan fingerprint density at radius 1 is 1.00 bits per heavy atom. The fourth-order valence-electron chi connectivity index (χ4n) is 2.77. The van der Waals surface area contributed by atoms with Gasteiger partial charge in [-0.3, -0.25) is 10.1 Å². The second kappa shape index (κ2) is 11.2. The highest BCUT2D eigenvalue weighted by molar-refractivity contribution is 6.74. The van der Waals surface area contributed by atoms with E-state index in [4.69, 9.17) is 25.3 Å². The zero-order valence-corrected chi connectivity index (χ0v) is 25.6. The number of fused-ring (bicyclic) bond motifs is 1. The van der Waals surface area contributed by atoms with Crippen LogP contribution in [0.15, 0.2) is 6.33 Å². The van der Waals surface area contributed by atoms with Gasteiger partial charge in [-0.1, -0.05) is 53.1 Å². The standard InChI is InChI=1S/C23H42ClN5O4Si2/c1-22(2,3)34(7,8)31-13-11-17(12-14-32-35(9,10)23(4,5)6)33-29-15-25-18-19(24)27-21(26-16-30)28-20(18)29/h15-17H,11-14H2,1-10H3,(H,26,27,28,30). The van der Waals surface area contributed by atoms with Gasteiger partial charge < -0.3 is 13.7 Å². The van der Waals surface area contributed by atoms with E-state index in [0.717, 1.165) is 0 Å². The second-order valence-corrected chi connectivity index (χ2v) is 21.8. The maximum absolute atomic E-state index is 10.9. The van der Waals surface area contributed by atoms with Crippen molar-refractivity contribution in [3.8, 4) is 0 Å². The molecule has 2 heterocycles. The summed E-state index contributed by atoms with van der Waals surface area (Å²) in [5.74, 6) is 0.0851. The van der Waals surface area contributed by atoms with Crippen LogP contribution in [-0.4, -0.2) is 62.0 Å². The quantitative estimate of drug-likeness (QED) is 0.209. The second-order valence-electron chi connectivity index (χ2n) is 11.9. The lowest BCUT2D eigenvalue weighted by Crippen LogP contribution is -2.42. The highest BCUT2D eigenvalue weighted by Gasteiger charge is 2.38. The molecule has 0 radical (unpaired) electrons. The lowest BCUT2D eigenvalue weighted by Gasteiger charge is -2.37. The predicted octanol–water partition coefficient (Wildman–Crippen LogP) is 5.67. The molecular formula is C23H42ClN5O4Si2. The van der Waals surface area contributed by atoms with Crippen molar-refractivity contribution in [1.82, 2.24) is 19.7 Å². The van der Waals surface area contributed by atoms with Crippen LogP contribution in [0.3, 0.4) is 0 Å². The van der Waals surface area contributed by atoms with Gasteiger partial charge in [0.1, 0.15) is 17.9 Å². The summed E-state index contributed by atoms with van der Waals surface area (Å²) in [6.07, 6.45) is 3.19. The largest absolute Gasteiger partial charge is 0.417 e. The van der Waals surface area contributed by atoms with Crippen molar-refractivity contribution in [2.75, 3.05) is 18.5 Å². The Labute approximate surface area is 216 Å². The zero-order chi connectivity index (χ0) is 26.7. The van der Waals surface area contributed by atoms with E-state index < -0.39 is 16.6 Å². The lowest BCUT2D eigenvalue weighted by molar-refractivity contribution is -0.105. The van der Waals surface area contributed by atoms with Crippen molar-refractivity contribution in [3.63, 3.8) is 0 Å². The third-order valence-corrected chi connectivity index (χ3v) is 16.5. The number of carbonyl (C=O) groups is 1. The number of anilines is 1. The molecule has 0 spiro atoms. The molecule has 0 aliphatic heterocycles. The number of hydrogen-bond acceptors (Lipinski definition) is 7. The van der Waals surface area contributed by atoms with Crippen molar-refractivity contribution >= 4 is 51.8 Å². The van der Waals surface area contributed by atoms with Crippen molar-refractivity contribution in [1.29, 1.82) is 0 Å². The summed E-state index contributed by atoms with van der Waals surface area (Å²) >= 11 is 6.23. The Kier molecular flexibility index (Phi) is 9.54. The summed E-state index contributed by atoms with van der Waals surface area (Å²) in [7, 11) is -3.77. The molecular weight excluding hydrogens is 502 g/mol. The fraction of sp³-hybridized carbons (Fsp3) is 0.739. The molecule has 0 aliphatic carbocycles. The first-order valence-corrected chi connectivity index (χ1v) is 18.2. The van der Waals surface area contributed by atoms with E-state index in [2.05, 4.69) is 88.0 Å². The smallest absolute Gasteiger partial charge is 0.232 e. The van der Waals surface area contributed by atoms with Crippen LogP contribution in [-0.2, 0) is 13.6 Å². The minimum atomic E-state index is -1.88. The number of aromatic nitrogens is 4. The molecule has 198 valence electrons. The predicted molar refractivity (Wildman–Crippen MR) is 146 cm³/mol. The molecule has 0 fully saturated rings. The molecule has 0 aromatic carbocycles. The van der Waals surface area contributed by atoms with Crippen LogP contribution in [0, 0.1) is 0 Å². The van der Waals surface area contributed by atoms with Gasteiger partial charge in [-0.05, 0) is 36.3 Å². The Hall–Kier alpha value is -1.54. The van der Waals surface area contributed by atoms with Gasteiger partial charge in [0.25, 0.3) is 0 Å².